The van der Waals surface area contributed by atoms with Crippen LogP contribution in [0.3, 0.4) is 0 Å². The molecule has 0 unspecified atom stereocenters. The van der Waals surface area contributed by atoms with Crippen molar-refractivity contribution in [3.8, 4) is 0 Å². The third-order valence-electron chi connectivity index (χ3n) is 2.87. The lowest BCUT2D eigenvalue weighted by Crippen LogP contribution is -2.41. The van der Waals surface area contributed by atoms with E-state index < -0.39 is 0 Å². The number of carbonyl (C=O) groups excluding carboxylic acids is 1. The Labute approximate surface area is 150 Å². The predicted octanol–water partition coefficient (Wildman–Crippen LogP) is 2.02. The fraction of sp³-hybridized carbons (Fsp3) is 0.600. The molecule has 0 aliphatic heterocycles. The van der Waals surface area contributed by atoms with Crippen LogP contribution in [0.25, 0.3) is 0 Å². The highest BCUT2D eigenvalue weighted by molar-refractivity contribution is 14.0. The number of furan rings is 1. The van der Waals surface area contributed by atoms with Gasteiger partial charge < -0.3 is 19.5 Å². The zero-order chi connectivity index (χ0) is 15.8. The van der Waals surface area contributed by atoms with E-state index in [4.69, 9.17) is 4.42 Å². The van der Waals surface area contributed by atoms with Gasteiger partial charge in [-0.1, -0.05) is 13.8 Å². The van der Waals surface area contributed by atoms with Gasteiger partial charge in [0.05, 0.1) is 12.8 Å². The van der Waals surface area contributed by atoms with E-state index in [2.05, 4.69) is 24.2 Å². The minimum atomic E-state index is -0.0229. The van der Waals surface area contributed by atoms with Gasteiger partial charge in [-0.2, -0.15) is 0 Å². The zero-order valence-electron chi connectivity index (χ0n) is 14.0. The highest BCUT2D eigenvalue weighted by Gasteiger charge is 2.11. The Kier molecular flexibility index (Phi) is 9.88. The van der Waals surface area contributed by atoms with Crippen LogP contribution >= 0.6 is 24.0 Å². The van der Waals surface area contributed by atoms with Crippen molar-refractivity contribution in [1.82, 2.24) is 15.1 Å². The van der Waals surface area contributed by atoms with Crippen LogP contribution in [0.15, 0.2) is 27.8 Å². The van der Waals surface area contributed by atoms with Crippen molar-refractivity contribution in [2.75, 3.05) is 34.2 Å². The molecular weight excluding hydrogens is 395 g/mol. The molecule has 6 nitrogen and oxygen atoms in total. The molecule has 0 aromatic carbocycles. The molecule has 0 saturated carbocycles. The quantitative estimate of drug-likeness (QED) is 0.433. The maximum Gasteiger partial charge on any atom is 0.243 e. The first-order valence-electron chi connectivity index (χ1n) is 7.12. The molecular formula is C15H27IN4O2. The molecule has 0 atom stereocenters. The molecule has 0 radical (unpaired) electrons. The van der Waals surface area contributed by atoms with Crippen LogP contribution in [0.4, 0.5) is 0 Å². The summed E-state index contributed by atoms with van der Waals surface area (Å²) >= 11 is 0. The van der Waals surface area contributed by atoms with E-state index in [0.717, 1.165) is 12.3 Å². The molecule has 1 aromatic rings. The summed E-state index contributed by atoms with van der Waals surface area (Å²) in [6.07, 6.45) is 1.65. The summed E-state index contributed by atoms with van der Waals surface area (Å²) in [7, 11) is 5.38. The number of halogens is 1. The Bertz CT molecular complexity index is 458. The van der Waals surface area contributed by atoms with Crippen molar-refractivity contribution in [1.29, 1.82) is 0 Å². The van der Waals surface area contributed by atoms with Crippen LogP contribution in [-0.2, 0) is 11.3 Å². The van der Waals surface area contributed by atoms with E-state index >= 15 is 0 Å². The number of guanidine groups is 1. The summed E-state index contributed by atoms with van der Waals surface area (Å²) in [4.78, 5) is 19.6. The number of aliphatic imine (C=N–C) groups is 1. The predicted molar refractivity (Wildman–Crippen MR) is 99.4 cm³/mol. The van der Waals surface area contributed by atoms with Gasteiger partial charge in [-0.05, 0) is 18.1 Å². The largest absolute Gasteiger partial charge is 0.467 e. The molecule has 0 aliphatic carbocycles. The molecule has 1 aromatic heterocycles. The number of likely N-dealkylation sites (N-methyl/N-ethyl adjacent to an activating group) is 1. The lowest BCUT2D eigenvalue weighted by atomic mass is 10.2. The number of carbonyl (C=O) groups is 1. The maximum absolute atomic E-state index is 11.7. The number of nitrogens with zero attached hydrogens (tertiary/aromatic N) is 3. The summed E-state index contributed by atoms with van der Waals surface area (Å²) in [5.74, 6) is 2.03. The summed E-state index contributed by atoms with van der Waals surface area (Å²) in [5, 5.41) is 3.29. The van der Waals surface area contributed by atoms with Gasteiger partial charge in [-0.15, -0.1) is 24.0 Å². The SMILES string of the molecule is CC(C)CNC(=NCC(=O)N(C)C)N(C)Cc1ccco1.I. The summed E-state index contributed by atoms with van der Waals surface area (Å²) in [6, 6.07) is 3.78. The summed E-state index contributed by atoms with van der Waals surface area (Å²) in [5.41, 5.74) is 0. The maximum atomic E-state index is 11.7. The number of hydrogen-bond donors (Lipinski definition) is 1. The third-order valence-corrected chi connectivity index (χ3v) is 2.87. The van der Waals surface area contributed by atoms with Crippen molar-refractivity contribution in [3.63, 3.8) is 0 Å². The molecule has 0 bridgehead atoms. The monoisotopic (exact) mass is 422 g/mol. The average Bonchev–Trinajstić information content (AvgIpc) is 2.90. The summed E-state index contributed by atoms with van der Waals surface area (Å²) in [6.45, 7) is 5.80. The molecule has 1 rings (SSSR count). The third kappa shape index (κ3) is 7.67. The minimum absolute atomic E-state index is 0. The van der Waals surface area contributed by atoms with Gasteiger partial charge in [0.1, 0.15) is 12.3 Å². The second-order valence-corrected chi connectivity index (χ2v) is 5.64. The molecule has 0 aliphatic rings. The molecule has 0 spiro atoms. The highest BCUT2D eigenvalue weighted by atomic mass is 127. The molecule has 22 heavy (non-hydrogen) atoms. The lowest BCUT2D eigenvalue weighted by molar-refractivity contribution is -0.127. The molecule has 7 heteroatoms. The second kappa shape index (κ2) is 10.5. The molecule has 1 N–H and O–H groups in total. The van der Waals surface area contributed by atoms with E-state index in [1.54, 1.807) is 20.4 Å². The molecule has 1 amide bonds. The van der Waals surface area contributed by atoms with Gasteiger partial charge in [0, 0.05) is 27.7 Å². The van der Waals surface area contributed by atoms with Crippen molar-refractivity contribution >= 4 is 35.8 Å². The first-order chi connectivity index (χ1) is 9.90. The van der Waals surface area contributed by atoms with Crippen LogP contribution in [0.2, 0.25) is 0 Å². The van der Waals surface area contributed by atoms with Crippen LogP contribution < -0.4 is 5.32 Å². The van der Waals surface area contributed by atoms with Crippen molar-refractivity contribution in [2.45, 2.75) is 20.4 Å². The van der Waals surface area contributed by atoms with E-state index in [1.165, 1.54) is 4.90 Å². The Morgan fingerprint density at radius 2 is 2.05 bits per heavy atom. The molecule has 126 valence electrons. The summed E-state index contributed by atoms with van der Waals surface area (Å²) < 4.78 is 5.34. The van der Waals surface area contributed by atoms with Crippen molar-refractivity contribution in [3.05, 3.63) is 24.2 Å². The van der Waals surface area contributed by atoms with Crippen LogP contribution in [0.5, 0.6) is 0 Å². The Hall–Kier alpha value is -1.25. The fourth-order valence-electron chi connectivity index (χ4n) is 1.60. The van der Waals surface area contributed by atoms with Crippen molar-refractivity contribution in [2.24, 2.45) is 10.9 Å². The first kappa shape index (κ1) is 20.8. The fourth-order valence-corrected chi connectivity index (χ4v) is 1.60. The Morgan fingerprint density at radius 3 is 2.55 bits per heavy atom. The standard InChI is InChI=1S/C15H26N4O2.HI/c1-12(2)9-16-15(17-10-14(20)18(3)4)19(5)11-13-7-6-8-21-13;/h6-8,12H,9-11H2,1-5H3,(H,16,17);1H. The number of nitrogens with one attached hydrogen (secondary N) is 1. The minimum Gasteiger partial charge on any atom is -0.467 e. The average molecular weight is 422 g/mol. The topological polar surface area (TPSA) is 61.1 Å². The van der Waals surface area contributed by atoms with Gasteiger partial charge >= 0.3 is 0 Å². The normalized spacial score (nSPS) is 11.1. The van der Waals surface area contributed by atoms with Crippen molar-refractivity contribution < 1.29 is 9.21 Å². The smallest absolute Gasteiger partial charge is 0.243 e. The Balaban J connectivity index is 0.00000441. The van der Waals surface area contributed by atoms with Gasteiger partial charge in [-0.3, -0.25) is 4.79 Å². The first-order valence-corrected chi connectivity index (χ1v) is 7.12. The van der Waals surface area contributed by atoms with Crippen LogP contribution in [-0.4, -0.2) is 55.9 Å². The molecule has 0 saturated heterocycles. The molecule has 1 heterocycles. The zero-order valence-corrected chi connectivity index (χ0v) is 16.3. The highest BCUT2D eigenvalue weighted by Crippen LogP contribution is 2.04. The van der Waals surface area contributed by atoms with Gasteiger partial charge in [0.25, 0.3) is 0 Å². The van der Waals surface area contributed by atoms with E-state index in [-0.39, 0.29) is 36.4 Å². The lowest BCUT2D eigenvalue weighted by Gasteiger charge is -2.22. The van der Waals surface area contributed by atoms with E-state index in [9.17, 15) is 4.79 Å². The van der Waals surface area contributed by atoms with Gasteiger partial charge in [-0.25, -0.2) is 4.99 Å². The van der Waals surface area contributed by atoms with E-state index in [0.29, 0.717) is 18.4 Å². The number of rotatable bonds is 6. The molecule has 0 fully saturated rings. The van der Waals surface area contributed by atoms with E-state index in [1.807, 2.05) is 24.1 Å². The van der Waals surface area contributed by atoms with Crippen LogP contribution in [0.1, 0.15) is 19.6 Å². The van der Waals surface area contributed by atoms with Gasteiger partial charge in [0.15, 0.2) is 5.96 Å². The Morgan fingerprint density at radius 1 is 1.36 bits per heavy atom. The second-order valence-electron chi connectivity index (χ2n) is 5.64. The van der Waals surface area contributed by atoms with Gasteiger partial charge in [0.2, 0.25) is 5.91 Å². The number of hydrogen-bond acceptors (Lipinski definition) is 3. The van der Waals surface area contributed by atoms with Crippen LogP contribution in [0, 0.1) is 5.92 Å². The number of amides is 1.